The van der Waals surface area contributed by atoms with Crippen molar-refractivity contribution in [2.45, 2.75) is 52.7 Å². The Morgan fingerprint density at radius 1 is 1.50 bits per heavy atom. The van der Waals surface area contributed by atoms with Gasteiger partial charge in [0.25, 0.3) is 0 Å². The minimum atomic E-state index is 0.120. The molecule has 1 aromatic rings. The Balaban J connectivity index is 2.69. The molecule has 0 aliphatic heterocycles. The first-order valence-electron chi connectivity index (χ1n) is 5.63. The Labute approximate surface area is 98.3 Å². The molecule has 0 atom stereocenters. The summed E-state index contributed by atoms with van der Waals surface area (Å²) >= 11 is 0. The summed E-state index contributed by atoms with van der Waals surface area (Å²) in [4.78, 5) is 4.32. The zero-order valence-electron chi connectivity index (χ0n) is 10.7. The molecule has 1 N–H and O–H groups in total. The summed E-state index contributed by atoms with van der Waals surface area (Å²) in [5.74, 6) is 3.69. The summed E-state index contributed by atoms with van der Waals surface area (Å²) in [6.45, 7) is 10.2. The van der Waals surface area contributed by atoms with Crippen LogP contribution in [-0.2, 0) is 13.1 Å². The molecule has 88 valence electrons. The van der Waals surface area contributed by atoms with Crippen LogP contribution in [0.5, 0.6) is 0 Å². The molecule has 0 fully saturated rings. The van der Waals surface area contributed by atoms with Crippen LogP contribution in [0.15, 0.2) is 6.20 Å². The SMILES string of the molecule is C#CCCn1c(CNC(C)(C)C)cnc1C. The third-order valence-electron chi connectivity index (χ3n) is 2.42. The predicted octanol–water partition coefficient (Wildman–Crippen LogP) is 2.10. The van der Waals surface area contributed by atoms with Gasteiger partial charge in [-0.05, 0) is 27.7 Å². The molecule has 0 spiro atoms. The number of terminal acetylenes is 1. The smallest absolute Gasteiger partial charge is 0.105 e. The molecular weight excluding hydrogens is 198 g/mol. The maximum Gasteiger partial charge on any atom is 0.105 e. The van der Waals surface area contributed by atoms with Crippen molar-refractivity contribution in [1.29, 1.82) is 0 Å². The van der Waals surface area contributed by atoms with E-state index in [2.05, 4.69) is 41.6 Å². The Morgan fingerprint density at radius 3 is 2.75 bits per heavy atom. The number of hydrogen-bond acceptors (Lipinski definition) is 2. The van der Waals surface area contributed by atoms with Gasteiger partial charge in [-0.3, -0.25) is 0 Å². The van der Waals surface area contributed by atoms with Crippen molar-refractivity contribution < 1.29 is 0 Å². The zero-order valence-corrected chi connectivity index (χ0v) is 10.7. The van der Waals surface area contributed by atoms with Crippen LogP contribution < -0.4 is 5.32 Å². The molecule has 1 rings (SSSR count). The van der Waals surface area contributed by atoms with E-state index in [0.29, 0.717) is 0 Å². The summed E-state index contributed by atoms with van der Waals surface area (Å²) in [7, 11) is 0. The van der Waals surface area contributed by atoms with Gasteiger partial charge in [-0.15, -0.1) is 12.3 Å². The summed E-state index contributed by atoms with van der Waals surface area (Å²) in [6.07, 6.45) is 7.96. The lowest BCUT2D eigenvalue weighted by Crippen LogP contribution is -2.35. The number of aryl methyl sites for hydroxylation is 1. The van der Waals surface area contributed by atoms with E-state index in [1.165, 1.54) is 5.69 Å². The van der Waals surface area contributed by atoms with E-state index in [-0.39, 0.29) is 5.54 Å². The van der Waals surface area contributed by atoms with Crippen LogP contribution in [0.25, 0.3) is 0 Å². The molecule has 1 heterocycles. The van der Waals surface area contributed by atoms with Gasteiger partial charge in [0.05, 0.1) is 5.69 Å². The minimum Gasteiger partial charge on any atom is -0.330 e. The van der Waals surface area contributed by atoms with E-state index < -0.39 is 0 Å². The average molecular weight is 219 g/mol. The summed E-state index contributed by atoms with van der Waals surface area (Å²) in [5, 5.41) is 3.46. The molecule has 3 nitrogen and oxygen atoms in total. The number of aromatic nitrogens is 2. The van der Waals surface area contributed by atoms with Crippen LogP contribution in [0.4, 0.5) is 0 Å². The first kappa shape index (κ1) is 12.8. The quantitative estimate of drug-likeness (QED) is 0.786. The van der Waals surface area contributed by atoms with Gasteiger partial charge < -0.3 is 9.88 Å². The van der Waals surface area contributed by atoms with Crippen molar-refractivity contribution in [3.8, 4) is 12.3 Å². The van der Waals surface area contributed by atoms with Crippen molar-refractivity contribution in [2.75, 3.05) is 0 Å². The van der Waals surface area contributed by atoms with E-state index in [1.54, 1.807) is 0 Å². The standard InChI is InChI=1S/C13H21N3/c1-6-7-8-16-11(2)14-9-12(16)10-15-13(3,4)5/h1,9,15H,7-8,10H2,2-5H3. The highest BCUT2D eigenvalue weighted by Gasteiger charge is 2.11. The number of nitrogens with one attached hydrogen (secondary N) is 1. The van der Waals surface area contributed by atoms with Crippen molar-refractivity contribution in [3.05, 3.63) is 17.7 Å². The second-order valence-electron chi connectivity index (χ2n) is 5.01. The molecule has 0 aliphatic rings. The fourth-order valence-corrected chi connectivity index (χ4v) is 1.49. The Bertz CT molecular complexity index is 377. The number of nitrogens with zero attached hydrogens (tertiary/aromatic N) is 2. The highest BCUT2D eigenvalue weighted by Crippen LogP contribution is 2.08. The monoisotopic (exact) mass is 219 g/mol. The van der Waals surface area contributed by atoms with Gasteiger partial charge in [0.2, 0.25) is 0 Å². The first-order chi connectivity index (χ1) is 7.44. The van der Waals surface area contributed by atoms with Gasteiger partial charge in [0.15, 0.2) is 0 Å². The van der Waals surface area contributed by atoms with Gasteiger partial charge in [0.1, 0.15) is 5.82 Å². The number of hydrogen-bond donors (Lipinski definition) is 1. The molecule has 16 heavy (non-hydrogen) atoms. The molecule has 0 bridgehead atoms. The van der Waals surface area contributed by atoms with Crippen molar-refractivity contribution in [3.63, 3.8) is 0 Å². The van der Waals surface area contributed by atoms with E-state index in [1.807, 2.05) is 13.1 Å². The molecule has 0 saturated heterocycles. The third kappa shape index (κ3) is 3.71. The first-order valence-corrected chi connectivity index (χ1v) is 5.63. The lowest BCUT2D eigenvalue weighted by molar-refractivity contribution is 0.415. The van der Waals surface area contributed by atoms with Gasteiger partial charge in [-0.25, -0.2) is 4.98 Å². The number of imidazole rings is 1. The van der Waals surface area contributed by atoms with Crippen LogP contribution in [-0.4, -0.2) is 15.1 Å². The molecule has 0 aromatic carbocycles. The van der Waals surface area contributed by atoms with Gasteiger partial charge in [-0.2, -0.15) is 0 Å². The molecule has 3 heteroatoms. The highest BCUT2D eigenvalue weighted by atomic mass is 15.1. The third-order valence-corrected chi connectivity index (χ3v) is 2.42. The van der Waals surface area contributed by atoms with Crippen molar-refractivity contribution in [1.82, 2.24) is 14.9 Å². The van der Waals surface area contributed by atoms with E-state index in [0.717, 1.165) is 25.3 Å². The molecule has 0 unspecified atom stereocenters. The minimum absolute atomic E-state index is 0.120. The van der Waals surface area contributed by atoms with Gasteiger partial charge in [-0.1, -0.05) is 0 Å². The Morgan fingerprint density at radius 2 is 2.19 bits per heavy atom. The molecule has 1 aromatic heterocycles. The average Bonchev–Trinajstić information content (AvgIpc) is 2.52. The lowest BCUT2D eigenvalue weighted by Gasteiger charge is -2.21. The fraction of sp³-hybridized carbons (Fsp3) is 0.615. The summed E-state index contributed by atoms with van der Waals surface area (Å²) < 4.78 is 2.18. The second-order valence-corrected chi connectivity index (χ2v) is 5.01. The normalized spacial score (nSPS) is 11.4. The fourth-order valence-electron chi connectivity index (χ4n) is 1.49. The maximum absolute atomic E-state index is 5.29. The number of rotatable bonds is 4. The highest BCUT2D eigenvalue weighted by molar-refractivity contribution is 5.05. The van der Waals surface area contributed by atoms with E-state index in [9.17, 15) is 0 Å². The lowest BCUT2D eigenvalue weighted by atomic mass is 10.1. The van der Waals surface area contributed by atoms with Crippen molar-refractivity contribution >= 4 is 0 Å². The van der Waals surface area contributed by atoms with Gasteiger partial charge >= 0.3 is 0 Å². The second kappa shape index (κ2) is 5.18. The molecular formula is C13H21N3. The zero-order chi connectivity index (χ0) is 12.2. The van der Waals surface area contributed by atoms with Gasteiger partial charge in [0, 0.05) is 31.2 Å². The van der Waals surface area contributed by atoms with E-state index >= 15 is 0 Å². The van der Waals surface area contributed by atoms with Crippen LogP contribution in [0, 0.1) is 19.3 Å². The molecule has 0 amide bonds. The van der Waals surface area contributed by atoms with Crippen LogP contribution in [0.3, 0.4) is 0 Å². The van der Waals surface area contributed by atoms with Crippen molar-refractivity contribution in [2.24, 2.45) is 0 Å². The Hall–Kier alpha value is -1.27. The van der Waals surface area contributed by atoms with Crippen LogP contribution in [0.1, 0.15) is 38.7 Å². The van der Waals surface area contributed by atoms with Crippen LogP contribution in [0.2, 0.25) is 0 Å². The van der Waals surface area contributed by atoms with Crippen LogP contribution >= 0.6 is 0 Å². The summed E-state index contributed by atoms with van der Waals surface area (Å²) in [5.41, 5.74) is 1.32. The maximum atomic E-state index is 5.29. The Kier molecular flexibility index (Phi) is 4.14. The predicted molar refractivity (Wildman–Crippen MR) is 67.0 cm³/mol. The largest absolute Gasteiger partial charge is 0.330 e. The molecule has 0 saturated carbocycles. The molecule has 0 aliphatic carbocycles. The topological polar surface area (TPSA) is 29.9 Å². The molecule has 0 radical (unpaired) electrons. The van der Waals surface area contributed by atoms with E-state index in [4.69, 9.17) is 6.42 Å². The summed E-state index contributed by atoms with van der Waals surface area (Å²) in [6, 6.07) is 0.